The molecule has 3 amide bonds. The fourth-order valence-electron chi connectivity index (χ4n) is 2.78. The van der Waals surface area contributed by atoms with E-state index in [1.54, 1.807) is 45.0 Å². The van der Waals surface area contributed by atoms with E-state index in [4.69, 9.17) is 16.1 Å². The van der Waals surface area contributed by atoms with E-state index in [9.17, 15) is 9.59 Å². The minimum Gasteiger partial charge on any atom is -0.361 e. The Morgan fingerprint density at radius 1 is 1.30 bits per heavy atom. The highest BCUT2D eigenvalue weighted by Crippen LogP contribution is 2.34. The smallest absolute Gasteiger partial charge is 0.325 e. The molecule has 1 saturated heterocycles. The van der Waals surface area contributed by atoms with Gasteiger partial charge >= 0.3 is 6.03 Å². The summed E-state index contributed by atoms with van der Waals surface area (Å²) in [4.78, 5) is 26.4. The summed E-state index contributed by atoms with van der Waals surface area (Å²) < 4.78 is 5.09. The highest BCUT2D eigenvalue weighted by Gasteiger charge is 2.50. The van der Waals surface area contributed by atoms with Crippen LogP contribution in [0.1, 0.15) is 29.5 Å². The zero-order valence-corrected chi connectivity index (χ0v) is 13.8. The number of halogens is 1. The monoisotopic (exact) mass is 333 g/mol. The number of amides is 3. The fourth-order valence-corrected chi connectivity index (χ4v) is 3.10. The highest BCUT2D eigenvalue weighted by molar-refractivity contribution is 6.32. The average Bonchev–Trinajstić information content (AvgIpc) is 2.93. The number of aryl methyl sites for hydroxylation is 2. The van der Waals surface area contributed by atoms with Crippen LogP contribution in [0.4, 0.5) is 4.79 Å². The Hall–Kier alpha value is -2.34. The lowest BCUT2D eigenvalue weighted by atomic mass is 9.92. The molecule has 1 N–H and O–H groups in total. The minimum atomic E-state index is -1.19. The first-order valence-electron chi connectivity index (χ1n) is 7.15. The van der Waals surface area contributed by atoms with Crippen molar-refractivity contribution >= 4 is 23.5 Å². The summed E-state index contributed by atoms with van der Waals surface area (Å²) in [7, 11) is 0. The lowest BCUT2D eigenvalue weighted by Gasteiger charge is -2.23. The van der Waals surface area contributed by atoms with Crippen LogP contribution in [0.25, 0.3) is 0 Å². The number of carbonyl (C=O) groups excluding carboxylic acids is 2. The van der Waals surface area contributed by atoms with E-state index < -0.39 is 11.6 Å². The van der Waals surface area contributed by atoms with Crippen LogP contribution < -0.4 is 5.32 Å². The molecule has 0 saturated carbocycles. The van der Waals surface area contributed by atoms with E-state index in [0.29, 0.717) is 22.0 Å². The summed E-state index contributed by atoms with van der Waals surface area (Å²) in [6.07, 6.45) is 0. The molecule has 1 aromatic carbocycles. The number of urea groups is 1. The molecule has 1 unspecified atom stereocenters. The molecule has 2 heterocycles. The zero-order chi connectivity index (χ0) is 16.8. The van der Waals surface area contributed by atoms with E-state index in [1.165, 1.54) is 0 Å². The number of nitrogens with zero attached hydrogens (tertiary/aromatic N) is 2. The molecule has 0 radical (unpaired) electrons. The average molecular weight is 334 g/mol. The molecule has 3 rings (SSSR count). The van der Waals surface area contributed by atoms with Gasteiger partial charge in [-0.1, -0.05) is 35.0 Å². The summed E-state index contributed by atoms with van der Waals surface area (Å²) >= 11 is 6.20. The van der Waals surface area contributed by atoms with E-state index in [0.717, 1.165) is 10.5 Å². The van der Waals surface area contributed by atoms with Crippen molar-refractivity contribution in [2.75, 3.05) is 0 Å². The first kappa shape index (κ1) is 15.6. The first-order chi connectivity index (χ1) is 10.8. The van der Waals surface area contributed by atoms with E-state index in [-0.39, 0.29) is 12.5 Å². The van der Waals surface area contributed by atoms with Gasteiger partial charge in [-0.15, -0.1) is 0 Å². The largest absolute Gasteiger partial charge is 0.361 e. The van der Waals surface area contributed by atoms with Crippen LogP contribution in [0.5, 0.6) is 0 Å². The van der Waals surface area contributed by atoms with E-state index in [2.05, 4.69) is 10.5 Å². The molecule has 1 aliphatic rings. The number of benzene rings is 1. The number of rotatable bonds is 3. The van der Waals surface area contributed by atoms with Gasteiger partial charge in [0.25, 0.3) is 5.91 Å². The number of imide groups is 1. The summed E-state index contributed by atoms with van der Waals surface area (Å²) in [6.45, 7) is 5.30. The number of nitrogens with one attached hydrogen (secondary N) is 1. The van der Waals surface area contributed by atoms with Gasteiger partial charge in [-0.05, 0) is 26.8 Å². The Kier molecular flexibility index (Phi) is 3.64. The standard InChI is InChI=1S/C16H16ClN3O3/c1-9-11(10(2)23-19-9)8-20-14(21)16(3,18-15(20)22)12-6-4-5-7-13(12)17/h4-7H,8H2,1-3H3,(H,18,22). The van der Waals surface area contributed by atoms with E-state index in [1.807, 2.05) is 0 Å². The summed E-state index contributed by atoms with van der Waals surface area (Å²) in [5, 5.41) is 7.02. The molecule has 1 fully saturated rings. The van der Waals surface area contributed by atoms with Crippen molar-refractivity contribution in [2.24, 2.45) is 0 Å². The SMILES string of the molecule is Cc1noc(C)c1CN1C(=O)NC(C)(c2ccccc2Cl)C1=O. The first-order valence-corrected chi connectivity index (χ1v) is 7.53. The molecule has 7 heteroatoms. The number of carbonyl (C=O) groups is 2. The van der Waals surface area contributed by atoms with Gasteiger partial charge in [0.05, 0.1) is 12.2 Å². The van der Waals surface area contributed by atoms with Crippen LogP contribution in [0, 0.1) is 13.8 Å². The molecular formula is C16H16ClN3O3. The van der Waals surface area contributed by atoms with Crippen LogP contribution in [-0.2, 0) is 16.9 Å². The molecule has 0 bridgehead atoms. The Balaban J connectivity index is 1.96. The molecule has 6 nitrogen and oxygen atoms in total. The van der Waals surface area contributed by atoms with Gasteiger partial charge in [0.1, 0.15) is 11.3 Å². The predicted octanol–water partition coefficient (Wildman–Crippen LogP) is 2.91. The molecule has 0 aliphatic carbocycles. The van der Waals surface area contributed by atoms with Gasteiger partial charge < -0.3 is 9.84 Å². The molecule has 23 heavy (non-hydrogen) atoms. The topological polar surface area (TPSA) is 75.4 Å². The summed E-state index contributed by atoms with van der Waals surface area (Å²) in [5.74, 6) is 0.241. The van der Waals surface area contributed by atoms with Crippen molar-refractivity contribution in [1.29, 1.82) is 0 Å². The van der Waals surface area contributed by atoms with Gasteiger partial charge in [-0.2, -0.15) is 0 Å². The molecular weight excluding hydrogens is 318 g/mol. The van der Waals surface area contributed by atoms with Crippen LogP contribution in [0.2, 0.25) is 5.02 Å². The van der Waals surface area contributed by atoms with Gasteiger partial charge in [-0.3, -0.25) is 9.69 Å². The third-order valence-corrected chi connectivity index (χ3v) is 4.51. The Labute approximate surface area is 138 Å². The van der Waals surface area contributed by atoms with Crippen molar-refractivity contribution in [3.8, 4) is 0 Å². The molecule has 1 atom stereocenters. The second-order valence-corrected chi connectivity index (χ2v) is 6.14. The van der Waals surface area contributed by atoms with E-state index >= 15 is 0 Å². The van der Waals surface area contributed by atoms with Crippen molar-refractivity contribution in [3.63, 3.8) is 0 Å². The quantitative estimate of drug-likeness (QED) is 0.876. The third kappa shape index (κ3) is 2.39. The van der Waals surface area contributed by atoms with Crippen LogP contribution in [0.3, 0.4) is 0 Å². The van der Waals surface area contributed by atoms with Gasteiger partial charge in [0, 0.05) is 16.1 Å². The Morgan fingerprint density at radius 3 is 2.61 bits per heavy atom. The summed E-state index contributed by atoms with van der Waals surface area (Å²) in [5.41, 5.74) is 0.779. The van der Waals surface area contributed by atoms with Crippen LogP contribution in [-0.4, -0.2) is 22.0 Å². The zero-order valence-electron chi connectivity index (χ0n) is 13.0. The predicted molar refractivity (Wildman–Crippen MR) is 83.9 cm³/mol. The second-order valence-electron chi connectivity index (χ2n) is 5.73. The van der Waals surface area contributed by atoms with Crippen LogP contribution in [0.15, 0.2) is 28.8 Å². The molecule has 2 aromatic rings. The maximum Gasteiger partial charge on any atom is 0.325 e. The van der Waals surface area contributed by atoms with Gasteiger partial charge in [0.15, 0.2) is 0 Å². The maximum absolute atomic E-state index is 12.9. The molecule has 1 aromatic heterocycles. The highest BCUT2D eigenvalue weighted by atomic mass is 35.5. The van der Waals surface area contributed by atoms with Crippen molar-refractivity contribution in [1.82, 2.24) is 15.4 Å². The van der Waals surface area contributed by atoms with Gasteiger partial charge in [0.2, 0.25) is 0 Å². The van der Waals surface area contributed by atoms with Gasteiger partial charge in [-0.25, -0.2) is 4.79 Å². The van der Waals surface area contributed by atoms with Crippen molar-refractivity contribution in [3.05, 3.63) is 51.9 Å². The number of hydrogen-bond donors (Lipinski definition) is 1. The van der Waals surface area contributed by atoms with Crippen LogP contribution >= 0.6 is 11.6 Å². The third-order valence-electron chi connectivity index (χ3n) is 4.18. The van der Waals surface area contributed by atoms with Crippen molar-refractivity contribution < 1.29 is 14.1 Å². The Morgan fingerprint density at radius 2 is 2.00 bits per heavy atom. The van der Waals surface area contributed by atoms with Crippen molar-refractivity contribution in [2.45, 2.75) is 32.9 Å². The molecule has 1 aliphatic heterocycles. The lowest BCUT2D eigenvalue weighted by molar-refractivity contribution is -0.131. The molecule has 0 spiro atoms. The number of hydrogen-bond acceptors (Lipinski definition) is 4. The maximum atomic E-state index is 12.9. The fraction of sp³-hybridized carbons (Fsp3) is 0.312. The lowest BCUT2D eigenvalue weighted by Crippen LogP contribution is -2.41. The minimum absolute atomic E-state index is 0.117. The molecule has 120 valence electrons. The number of aromatic nitrogens is 1. The Bertz CT molecular complexity index is 782. The second kappa shape index (κ2) is 5.38. The summed E-state index contributed by atoms with van der Waals surface area (Å²) in [6, 6.07) is 6.52. The normalized spacial score (nSPS) is 21.0.